The van der Waals surface area contributed by atoms with Crippen molar-refractivity contribution in [3.05, 3.63) is 11.1 Å². The van der Waals surface area contributed by atoms with E-state index in [2.05, 4.69) is 15.6 Å². The number of carbonyl (C=O) groups excluding carboxylic acids is 1. The summed E-state index contributed by atoms with van der Waals surface area (Å²) in [4.78, 5) is 17.7. The Morgan fingerprint density at radius 3 is 3.00 bits per heavy atom. The molecule has 0 radical (unpaired) electrons. The Labute approximate surface area is 111 Å². The van der Waals surface area contributed by atoms with Crippen molar-refractivity contribution in [2.75, 3.05) is 11.9 Å². The summed E-state index contributed by atoms with van der Waals surface area (Å²) in [7, 11) is 0. The van der Waals surface area contributed by atoms with Crippen molar-refractivity contribution < 1.29 is 4.79 Å². The number of aryl methyl sites for hydroxylation is 1. The van der Waals surface area contributed by atoms with Gasteiger partial charge < -0.3 is 10.6 Å². The standard InChI is InChI=1S/C13H19N3OS/c1-8-7-15-13(18-8)16-12(17)10-3-2-6-14-11(10)9-4-5-9/h7,9-11,14H,2-6H2,1H3,(H,15,16,17)/t10-,11-/m1/s1. The van der Waals surface area contributed by atoms with E-state index in [-0.39, 0.29) is 11.8 Å². The van der Waals surface area contributed by atoms with Crippen LogP contribution in [0.5, 0.6) is 0 Å². The van der Waals surface area contributed by atoms with E-state index in [1.165, 1.54) is 12.8 Å². The summed E-state index contributed by atoms with van der Waals surface area (Å²) in [6.45, 7) is 3.06. The normalized spacial score (nSPS) is 28.1. The Hall–Kier alpha value is -0.940. The first-order chi connectivity index (χ1) is 8.74. The Balaban J connectivity index is 1.66. The summed E-state index contributed by atoms with van der Waals surface area (Å²) in [6.07, 6.45) is 6.45. The van der Waals surface area contributed by atoms with E-state index in [9.17, 15) is 4.79 Å². The van der Waals surface area contributed by atoms with Crippen LogP contribution in [0.1, 0.15) is 30.6 Å². The van der Waals surface area contributed by atoms with Gasteiger partial charge in [0.25, 0.3) is 0 Å². The Bertz CT molecular complexity index is 441. The molecule has 1 saturated carbocycles. The van der Waals surface area contributed by atoms with Crippen molar-refractivity contribution in [2.45, 2.75) is 38.6 Å². The van der Waals surface area contributed by atoms with Gasteiger partial charge in [-0.1, -0.05) is 0 Å². The zero-order valence-electron chi connectivity index (χ0n) is 10.6. The first-order valence-corrected chi connectivity index (χ1v) is 7.52. The zero-order valence-corrected chi connectivity index (χ0v) is 11.4. The number of anilines is 1. The molecular formula is C13H19N3OS. The summed E-state index contributed by atoms with van der Waals surface area (Å²) in [5.41, 5.74) is 0. The molecule has 98 valence electrons. The summed E-state index contributed by atoms with van der Waals surface area (Å²) in [5.74, 6) is 0.989. The molecule has 4 nitrogen and oxygen atoms in total. The fourth-order valence-electron chi connectivity index (χ4n) is 2.77. The smallest absolute Gasteiger partial charge is 0.230 e. The molecule has 1 aliphatic heterocycles. The van der Waals surface area contributed by atoms with E-state index < -0.39 is 0 Å². The fraction of sp³-hybridized carbons (Fsp3) is 0.692. The van der Waals surface area contributed by atoms with Gasteiger partial charge in [-0.05, 0) is 45.1 Å². The Morgan fingerprint density at radius 2 is 2.33 bits per heavy atom. The van der Waals surface area contributed by atoms with E-state index in [0.29, 0.717) is 6.04 Å². The molecule has 1 amide bonds. The molecule has 3 rings (SSSR count). The number of nitrogens with zero attached hydrogens (tertiary/aromatic N) is 1. The SMILES string of the molecule is Cc1cnc(NC(=O)[C@@H]2CCCN[C@@H]2C2CC2)s1. The van der Waals surface area contributed by atoms with Crippen LogP contribution in [-0.2, 0) is 4.79 Å². The molecule has 1 aromatic rings. The number of hydrogen-bond acceptors (Lipinski definition) is 4. The minimum absolute atomic E-state index is 0.121. The zero-order chi connectivity index (χ0) is 12.5. The van der Waals surface area contributed by atoms with Crippen LogP contribution in [-0.4, -0.2) is 23.5 Å². The molecule has 0 aromatic carbocycles. The third-order valence-electron chi connectivity index (χ3n) is 3.82. The van der Waals surface area contributed by atoms with Gasteiger partial charge in [0.1, 0.15) is 0 Å². The van der Waals surface area contributed by atoms with Gasteiger partial charge in [-0.2, -0.15) is 0 Å². The summed E-state index contributed by atoms with van der Waals surface area (Å²) >= 11 is 1.54. The monoisotopic (exact) mass is 265 g/mol. The number of piperidine rings is 1. The lowest BCUT2D eigenvalue weighted by atomic mass is 9.87. The van der Waals surface area contributed by atoms with E-state index in [0.717, 1.165) is 35.3 Å². The van der Waals surface area contributed by atoms with Crippen LogP contribution in [0.3, 0.4) is 0 Å². The maximum Gasteiger partial charge on any atom is 0.230 e. The molecule has 2 N–H and O–H groups in total. The highest BCUT2D eigenvalue weighted by Gasteiger charge is 2.40. The second kappa shape index (κ2) is 4.97. The summed E-state index contributed by atoms with van der Waals surface area (Å²) in [5, 5.41) is 7.23. The maximum atomic E-state index is 12.3. The lowest BCUT2D eigenvalue weighted by Crippen LogP contribution is -2.47. The van der Waals surface area contributed by atoms with E-state index in [1.807, 2.05) is 6.92 Å². The highest BCUT2D eigenvalue weighted by molar-refractivity contribution is 7.15. The number of nitrogens with one attached hydrogen (secondary N) is 2. The average molecular weight is 265 g/mol. The van der Waals surface area contributed by atoms with Crippen molar-refractivity contribution >= 4 is 22.4 Å². The van der Waals surface area contributed by atoms with Crippen molar-refractivity contribution in [1.29, 1.82) is 0 Å². The molecule has 1 aliphatic carbocycles. The quantitative estimate of drug-likeness (QED) is 0.880. The van der Waals surface area contributed by atoms with Crippen molar-refractivity contribution in [3.8, 4) is 0 Å². The van der Waals surface area contributed by atoms with Gasteiger partial charge in [0, 0.05) is 17.1 Å². The number of carbonyl (C=O) groups is 1. The number of hydrogen-bond donors (Lipinski definition) is 2. The van der Waals surface area contributed by atoms with Crippen molar-refractivity contribution in [3.63, 3.8) is 0 Å². The second-order valence-electron chi connectivity index (χ2n) is 5.33. The highest BCUT2D eigenvalue weighted by Crippen LogP contribution is 2.38. The molecule has 1 aromatic heterocycles. The largest absolute Gasteiger partial charge is 0.313 e. The molecule has 2 atom stereocenters. The molecule has 1 saturated heterocycles. The molecule has 5 heteroatoms. The molecular weight excluding hydrogens is 246 g/mol. The van der Waals surface area contributed by atoms with Gasteiger partial charge in [0.2, 0.25) is 5.91 Å². The van der Waals surface area contributed by atoms with Crippen molar-refractivity contribution in [1.82, 2.24) is 10.3 Å². The third-order valence-corrected chi connectivity index (χ3v) is 4.65. The van der Waals surface area contributed by atoms with Gasteiger partial charge in [-0.3, -0.25) is 4.79 Å². The van der Waals surface area contributed by atoms with Crippen LogP contribution < -0.4 is 10.6 Å². The third kappa shape index (κ3) is 2.57. The number of rotatable bonds is 3. The van der Waals surface area contributed by atoms with Crippen LogP contribution in [0, 0.1) is 18.8 Å². The van der Waals surface area contributed by atoms with Crippen LogP contribution in [0.25, 0.3) is 0 Å². The van der Waals surface area contributed by atoms with Crippen LogP contribution in [0.2, 0.25) is 0 Å². The van der Waals surface area contributed by atoms with E-state index in [1.54, 1.807) is 17.5 Å². The molecule has 2 aliphatic rings. The van der Waals surface area contributed by atoms with Gasteiger partial charge in [-0.15, -0.1) is 11.3 Å². The molecule has 18 heavy (non-hydrogen) atoms. The predicted molar refractivity (Wildman–Crippen MR) is 72.7 cm³/mol. The molecule has 0 bridgehead atoms. The lowest BCUT2D eigenvalue weighted by molar-refractivity contribution is -0.121. The second-order valence-corrected chi connectivity index (χ2v) is 6.57. The Kier molecular flexibility index (Phi) is 3.35. The molecule has 2 fully saturated rings. The summed E-state index contributed by atoms with van der Waals surface area (Å²) < 4.78 is 0. The molecule has 0 unspecified atom stereocenters. The maximum absolute atomic E-state index is 12.3. The number of aromatic nitrogens is 1. The fourth-order valence-corrected chi connectivity index (χ4v) is 3.44. The average Bonchev–Trinajstić information content (AvgIpc) is 3.14. The number of amides is 1. The molecule has 2 heterocycles. The van der Waals surface area contributed by atoms with Gasteiger partial charge in [0.05, 0.1) is 5.92 Å². The Morgan fingerprint density at radius 1 is 1.50 bits per heavy atom. The van der Waals surface area contributed by atoms with Gasteiger partial charge in [0.15, 0.2) is 5.13 Å². The van der Waals surface area contributed by atoms with Crippen LogP contribution in [0.4, 0.5) is 5.13 Å². The molecule has 0 spiro atoms. The first-order valence-electron chi connectivity index (χ1n) is 6.71. The minimum atomic E-state index is 0.121. The topological polar surface area (TPSA) is 54.0 Å². The van der Waals surface area contributed by atoms with Crippen LogP contribution in [0.15, 0.2) is 6.20 Å². The van der Waals surface area contributed by atoms with Gasteiger partial charge in [-0.25, -0.2) is 4.98 Å². The predicted octanol–water partition coefficient (Wildman–Crippen LogP) is 2.17. The first kappa shape index (κ1) is 12.1. The van der Waals surface area contributed by atoms with E-state index in [4.69, 9.17) is 0 Å². The number of thiazole rings is 1. The minimum Gasteiger partial charge on any atom is -0.313 e. The van der Waals surface area contributed by atoms with Gasteiger partial charge >= 0.3 is 0 Å². The highest BCUT2D eigenvalue weighted by atomic mass is 32.1. The van der Waals surface area contributed by atoms with E-state index >= 15 is 0 Å². The lowest BCUT2D eigenvalue weighted by Gasteiger charge is -2.31. The van der Waals surface area contributed by atoms with Crippen LogP contribution >= 0.6 is 11.3 Å². The summed E-state index contributed by atoms with van der Waals surface area (Å²) in [6, 6.07) is 0.389. The van der Waals surface area contributed by atoms with Crippen molar-refractivity contribution in [2.24, 2.45) is 11.8 Å².